The van der Waals surface area contributed by atoms with Crippen LogP contribution < -0.4 is 5.32 Å². The zero-order chi connectivity index (χ0) is 13.1. The fourth-order valence-corrected chi connectivity index (χ4v) is 2.35. The highest BCUT2D eigenvalue weighted by molar-refractivity contribution is 5.28. The first-order valence-corrected chi connectivity index (χ1v) is 7.05. The van der Waals surface area contributed by atoms with Crippen molar-refractivity contribution < 1.29 is 0 Å². The Morgan fingerprint density at radius 1 is 1.21 bits per heavy atom. The molecule has 0 bridgehead atoms. The second-order valence-electron chi connectivity index (χ2n) is 5.40. The predicted molar refractivity (Wildman–Crippen MR) is 77.9 cm³/mol. The molecule has 2 heteroatoms. The van der Waals surface area contributed by atoms with Crippen LogP contribution in [0, 0.1) is 0 Å². The highest BCUT2D eigenvalue weighted by atomic mass is 14.9. The van der Waals surface area contributed by atoms with Gasteiger partial charge in [-0.05, 0) is 48.4 Å². The lowest BCUT2D eigenvalue weighted by Crippen LogP contribution is -2.18. The summed E-state index contributed by atoms with van der Waals surface area (Å²) in [6.07, 6.45) is 6.48. The third-order valence-corrected chi connectivity index (χ3v) is 3.83. The number of hydrogen-bond donors (Lipinski definition) is 1. The van der Waals surface area contributed by atoms with Gasteiger partial charge >= 0.3 is 0 Å². The molecule has 0 radical (unpaired) electrons. The summed E-state index contributed by atoms with van der Waals surface area (Å²) in [5, 5.41) is 3.54. The van der Waals surface area contributed by atoms with Crippen molar-refractivity contribution >= 4 is 0 Å². The molecule has 1 atom stereocenters. The van der Waals surface area contributed by atoms with Crippen molar-refractivity contribution in [3.8, 4) is 0 Å². The molecule has 2 nitrogen and oxygen atoms in total. The van der Waals surface area contributed by atoms with Crippen LogP contribution in [0.2, 0.25) is 0 Å². The Morgan fingerprint density at radius 3 is 2.63 bits per heavy atom. The van der Waals surface area contributed by atoms with E-state index in [1.807, 2.05) is 18.5 Å². The Hall–Kier alpha value is -1.67. The van der Waals surface area contributed by atoms with Crippen molar-refractivity contribution in [1.82, 2.24) is 10.3 Å². The Labute approximate surface area is 114 Å². The van der Waals surface area contributed by atoms with Gasteiger partial charge in [-0.1, -0.05) is 30.3 Å². The quantitative estimate of drug-likeness (QED) is 0.875. The smallest absolute Gasteiger partial charge is 0.0315 e. The first-order chi connectivity index (χ1) is 9.33. The van der Waals surface area contributed by atoms with Crippen LogP contribution in [0.3, 0.4) is 0 Å². The first-order valence-electron chi connectivity index (χ1n) is 7.05. The summed E-state index contributed by atoms with van der Waals surface area (Å²) < 4.78 is 0. The van der Waals surface area contributed by atoms with E-state index in [9.17, 15) is 0 Å². The van der Waals surface area contributed by atoms with Crippen LogP contribution in [0.15, 0.2) is 48.8 Å². The van der Waals surface area contributed by atoms with Crippen LogP contribution in [0.1, 0.15) is 48.4 Å². The van der Waals surface area contributed by atoms with Crippen molar-refractivity contribution in [1.29, 1.82) is 0 Å². The maximum absolute atomic E-state index is 4.16. The van der Waals surface area contributed by atoms with Crippen LogP contribution in [-0.2, 0) is 6.54 Å². The standard InChI is InChI=1S/C17H20N2/c1-13(17-3-2-10-18-12-17)19-11-14-4-6-15(7-5-14)16-8-9-16/h2-7,10,12-13,16,19H,8-9,11H2,1H3. The van der Waals surface area contributed by atoms with Crippen LogP contribution in [0.4, 0.5) is 0 Å². The number of rotatable bonds is 5. The molecule has 0 saturated heterocycles. The molecule has 0 spiro atoms. The van der Waals surface area contributed by atoms with E-state index < -0.39 is 0 Å². The van der Waals surface area contributed by atoms with Crippen LogP contribution >= 0.6 is 0 Å². The topological polar surface area (TPSA) is 24.9 Å². The zero-order valence-corrected chi connectivity index (χ0v) is 11.3. The Morgan fingerprint density at radius 2 is 2.00 bits per heavy atom. The lowest BCUT2D eigenvalue weighted by Gasteiger charge is -2.14. The molecular formula is C17H20N2. The van der Waals surface area contributed by atoms with Gasteiger partial charge < -0.3 is 5.32 Å². The molecule has 1 fully saturated rings. The fraction of sp³-hybridized carbons (Fsp3) is 0.353. The average Bonchev–Trinajstić information content (AvgIpc) is 3.31. The summed E-state index contributed by atoms with van der Waals surface area (Å²) >= 11 is 0. The molecule has 1 unspecified atom stereocenters. The van der Waals surface area contributed by atoms with E-state index in [1.54, 1.807) is 0 Å². The summed E-state index contributed by atoms with van der Waals surface area (Å²) in [5.74, 6) is 0.844. The molecule has 0 aliphatic heterocycles. The minimum absolute atomic E-state index is 0.330. The van der Waals surface area contributed by atoms with Gasteiger partial charge in [-0.2, -0.15) is 0 Å². The molecule has 1 aromatic heterocycles. The first kappa shape index (κ1) is 12.4. The SMILES string of the molecule is CC(NCc1ccc(C2CC2)cc1)c1cccnc1. The summed E-state index contributed by atoms with van der Waals surface area (Å²) in [6.45, 7) is 3.08. The van der Waals surface area contributed by atoms with Gasteiger partial charge in [0.05, 0.1) is 0 Å². The maximum Gasteiger partial charge on any atom is 0.0315 e. The monoisotopic (exact) mass is 252 g/mol. The summed E-state index contributed by atoms with van der Waals surface area (Å²) in [7, 11) is 0. The molecule has 3 rings (SSSR count). The molecule has 1 heterocycles. The largest absolute Gasteiger partial charge is 0.306 e. The van der Waals surface area contributed by atoms with Crippen LogP contribution in [0.5, 0.6) is 0 Å². The Bertz CT molecular complexity index is 515. The summed E-state index contributed by atoms with van der Waals surface area (Å²) in [5.41, 5.74) is 4.08. The van der Waals surface area contributed by atoms with E-state index in [-0.39, 0.29) is 0 Å². The van der Waals surface area contributed by atoms with Gasteiger partial charge in [-0.25, -0.2) is 0 Å². The van der Waals surface area contributed by atoms with Gasteiger partial charge in [0.15, 0.2) is 0 Å². The van der Waals surface area contributed by atoms with Crippen molar-refractivity contribution in [3.05, 3.63) is 65.5 Å². The fourth-order valence-electron chi connectivity index (χ4n) is 2.35. The molecule has 1 aliphatic carbocycles. The zero-order valence-electron chi connectivity index (χ0n) is 11.3. The Balaban J connectivity index is 1.56. The molecule has 1 aliphatic rings. The number of nitrogens with zero attached hydrogens (tertiary/aromatic N) is 1. The molecule has 0 amide bonds. The van der Waals surface area contributed by atoms with Crippen LogP contribution in [-0.4, -0.2) is 4.98 Å². The van der Waals surface area contributed by atoms with Gasteiger partial charge in [0.25, 0.3) is 0 Å². The van der Waals surface area contributed by atoms with Crippen molar-refractivity contribution in [2.75, 3.05) is 0 Å². The molecule has 2 aromatic rings. The second kappa shape index (κ2) is 5.54. The van der Waals surface area contributed by atoms with Gasteiger partial charge in [-0.15, -0.1) is 0 Å². The minimum atomic E-state index is 0.330. The number of nitrogens with one attached hydrogen (secondary N) is 1. The molecule has 98 valence electrons. The van der Waals surface area contributed by atoms with E-state index in [4.69, 9.17) is 0 Å². The summed E-state index contributed by atoms with van der Waals surface area (Å²) in [6, 6.07) is 13.5. The molecule has 1 aromatic carbocycles. The van der Waals surface area contributed by atoms with Crippen molar-refractivity contribution in [2.45, 2.75) is 38.3 Å². The number of benzene rings is 1. The minimum Gasteiger partial charge on any atom is -0.306 e. The molecular weight excluding hydrogens is 232 g/mol. The highest BCUT2D eigenvalue weighted by Gasteiger charge is 2.22. The number of hydrogen-bond acceptors (Lipinski definition) is 2. The predicted octanol–water partition coefficient (Wildman–Crippen LogP) is 3.81. The lowest BCUT2D eigenvalue weighted by molar-refractivity contribution is 0.573. The highest BCUT2D eigenvalue weighted by Crippen LogP contribution is 2.39. The second-order valence-corrected chi connectivity index (χ2v) is 5.40. The summed E-state index contributed by atoms with van der Waals surface area (Å²) in [4.78, 5) is 4.16. The molecule has 1 saturated carbocycles. The van der Waals surface area contributed by atoms with E-state index >= 15 is 0 Å². The third-order valence-electron chi connectivity index (χ3n) is 3.83. The number of pyridine rings is 1. The Kier molecular flexibility index (Phi) is 3.60. The maximum atomic E-state index is 4.16. The normalized spacial score (nSPS) is 16.3. The van der Waals surface area contributed by atoms with Crippen LogP contribution in [0.25, 0.3) is 0 Å². The lowest BCUT2D eigenvalue weighted by atomic mass is 10.1. The van der Waals surface area contributed by atoms with Gasteiger partial charge in [-0.3, -0.25) is 4.98 Å². The van der Waals surface area contributed by atoms with Gasteiger partial charge in [0.1, 0.15) is 0 Å². The average molecular weight is 252 g/mol. The van der Waals surface area contributed by atoms with Gasteiger partial charge in [0, 0.05) is 25.0 Å². The molecule has 1 N–H and O–H groups in total. The third kappa shape index (κ3) is 3.21. The molecule has 19 heavy (non-hydrogen) atoms. The van der Waals surface area contributed by atoms with E-state index in [0.29, 0.717) is 6.04 Å². The van der Waals surface area contributed by atoms with Crippen molar-refractivity contribution in [3.63, 3.8) is 0 Å². The van der Waals surface area contributed by atoms with Gasteiger partial charge in [0.2, 0.25) is 0 Å². The van der Waals surface area contributed by atoms with E-state index in [2.05, 4.69) is 47.6 Å². The van der Waals surface area contributed by atoms with E-state index in [1.165, 1.54) is 29.5 Å². The van der Waals surface area contributed by atoms with E-state index in [0.717, 1.165) is 12.5 Å². The number of aromatic nitrogens is 1. The van der Waals surface area contributed by atoms with Crippen molar-refractivity contribution in [2.24, 2.45) is 0 Å².